The molecule has 4 heteroatoms. The monoisotopic (exact) mass is 168 g/mol. The third-order valence-corrected chi connectivity index (χ3v) is 2.80. The number of nitrogens with zero attached hydrogens (tertiary/aromatic N) is 2. The van der Waals surface area contributed by atoms with E-state index in [2.05, 4.69) is 4.99 Å². The van der Waals surface area contributed by atoms with E-state index in [1.807, 2.05) is 13.0 Å². The second-order valence-corrected chi connectivity index (χ2v) is 3.81. The van der Waals surface area contributed by atoms with Crippen molar-refractivity contribution in [3.8, 4) is 0 Å². The van der Waals surface area contributed by atoms with E-state index in [0.29, 0.717) is 6.54 Å². The van der Waals surface area contributed by atoms with Gasteiger partial charge < -0.3 is 0 Å². The van der Waals surface area contributed by atoms with Crippen molar-refractivity contribution in [1.82, 2.24) is 4.90 Å². The maximum atomic E-state index is 11.3. The third-order valence-electron chi connectivity index (χ3n) is 1.71. The predicted molar refractivity (Wildman–Crippen MR) is 45.3 cm³/mol. The second-order valence-electron chi connectivity index (χ2n) is 2.51. The third kappa shape index (κ3) is 0.976. The fourth-order valence-corrected chi connectivity index (χ4v) is 2.08. The number of amidine groups is 1. The molecule has 0 N–H and O–H groups in total. The van der Waals surface area contributed by atoms with Gasteiger partial charge in [0.2, 0.25) is 5.91 Å². The summed E-state index contributed by atoms with van der Waals surface area (Å²) >= 11 is 1.53. The predicted octanol–water partition coefficient (Wildman–Crippen LogP) is 0.834. The van der Waals surface area contributed by atoms with Crippen molar-refractivity contribution in [2.45, 2.75) is 12.2 Å². The number of aliphatic imine (C=N–C) groups is 1. The minimum Gasteiger partial charge on any atom is -0.286 e. The number of carbonyl (C=O) groups is 1. The van der Waals surface area contributed by atoms with Crippen LogP contribution in [0, 0.1) is 0 Å². The molecule has 0 aliphatic carbocycles. The molecule has 1 amide bonds. The van der Waals surface area contributed by atoms with Gasteiger partial charge in [0, 0.05) is 12.7 Å². The molecule has 0 aromatic rings. The molecule has 0 aromatic heterocycles. The molecular weight excluding hydrogens is 160 g/mol. The fraction of sp³-hybridized carbons (Fsp3) is 0.429. The van der Waals surface area contributed by atoms with Crippen LogP contribution in [-0.4, -0.2) is 27.8 Å². The number of fused-ring (bicyclic) bond motifs is 1. The SMILES string of the molecule is CC1SC2=NC=CCN2C1=O. The summed E-state index contributed by atoms with van der Waals surface area (Å²) in [5.41, 5.74) is 0. The van der Waals surface area contributed by atoms with Gasteiger partial charge in [0.15, 0.2) is 5.17 Å². The van der Waals surface area contributed by atoms with E-state index >= 15 is 0 Å². The molecule has 1 fully saturated rings. The van der Waals surface area contributed by atoms with Crippen molar-refractivity contribution < 1.29 is 4.79 Å². The standard InChI is InChI=1S/C7H8N2OS/c1-5-6(10)9-4-2-3-8-7(9)11-5/h2-3,5H,4H2,1H3. The summed E-state index contributed by atoms with van der Waals surface area (Å²) in [7, 11) is 0. The highest BCUT2D eigenvalue weighted by Crippen LogP contribution is 2.27. The Morgan fingerprint density at radius 2 is 2.64 bits per heavy atom. The first-order chi connectivity index (χ1) is 5.29. The average Bonchev–Trinajstić information content (AvgIpc) is 2.30. The van der Waals surface area contributed by atoms with Gasteiger partial charge in [-0.05, 0) is 13.0 Å². The lowest BCUT2D eigenvalue weighted by Gasteiger charge is -2.15. The van der Waals surface area contributed by atoms with Crippen molar-refractivity contribution in [3.05, 3.63) is 12.3 Å². The van der Waals surface area contributed by atoms with E-state index < -0.39 is 0 Å². The molecule has 11 heavy (non-hydrogen) atoms. The average molecular weight is 168 g/mol. The lowest BCUT2D eigenvalue weighted by atomic mass is 10.4. The van der Waals surface area contributed by atoms with Crippen molar-refractivity contribution >= 4 is 22.8 Å². The van der Waals surface area contributed by atoms with Crippen LogP contribution in [0.3, 0.4) is 0 Å². The Bertz CT molecular complexity index is 259. The number of amides is 1. The zero-order valence-electron chi connectivity index (χ0n) is 6.15. The Balaban J connectivity index is 2.30. The van der Waals surface area contributed by atoms with Gasteiger partial charge in [-0.2, -0.15) is 0 Å². The van der Waals surface area contributed by atoms with Crippen LogP contribution >= 0.6 is 11.8 Å². The van der Waals surface area contributed by atoms with E-state index in [4.69, 9.17) is 0 Å². The molecule has 2 aliphatic rings. The largest absolute Gasteiger partial charge is 0.286 e. The first-order valence-corrected chi connectivity index (χ1v) is 4.38. The fourth-order valence-electron chi connectivity index (χ4n) is 1.12. The van der Waals surface area contributed by atoms with Gasteiger partial charge in [-0.3, -0.25) is 9.69 Å². The molecule has 0 spiro atoms. The number of hydrogen-bond acceptors (Lipinski definition) is 3. The molecule has 0 radical (unpaired) electrons. The van der Waals surface area contributed by atoms with Gasteiger partial charge in [0.25, 0.3) is 0 Å². The van der Waals surface area contributed by atoms with Crippen LogP contribution in [0.4, 0.5) is 0 Å². The van der Waals surface area contributed by atoms with Crippen LogP contribution in [0.5, 0.6) is 0 Å². The van der Waals surface area contributed by atoms with Gasteiger partial charge in [-0.15, -0.1) is 0 Å². The molecule has 58 valence electrons. The Morgan fingerprint density at radius 1 is 1.82 bits per heavy atom. The number of rotatable bonds is 0. The first-order valence-electron chi connectivity index (χ1n) is 3.50. The molecule has 0 saturated carbocycles. The Labute approximate surface area is 69.2 Å². The van der Waals surface area contributed by atoms with Gasteiger partial charge in [-0.25, -0.2) is 4.99 Å². The highest BCUT2D eigenvalue weighted by molar-refractivity contribution is 8.15. The van der Waals surface area contributed by atoms with Crippen molar-refractivity contribution in [2.75, 3.05) is 6.54 Å². The lowest BCUT2D eigenvalue weighted by Crippen LogP contribution is -2.32. The Hall–Kier alpha value is -0.770. The van der Waals surface area contributed by atoms with Crippen LogP contribution in [0.1, 0.15) is 6.92 Å². The zero-order valence-corrected chi connectivity index (χ0v) is 6.97. The smallest absolute Gasteiger partial charge is 0.242 e. The molecule has 2 heterocycles. The number of thioether (sulfide) groups is 1. The molecule has 2 aliphatic heterocycles. The van der Waals surface area contributed by atoms with E-state index in [-0.39, 0.29) is 11.2 Å². The van der Waals surface area contributed by atoms with E-state index in [0.717, 1.165) is 5.17 Å². The number of carbonyl (C=O) groups excluding carboxylic acids is 1. The quantitative estimate of drug-likeness (QED) is 0.536. The van der Waals surface area contributed by atoms with Gasteiger partial charge in [0.05, 0.1) is 5.25 Å². The van der Waals surface area contributed by atoms with Crippen LogP contribution in [0.2, 0.25) is 0 Å². The molecule has 2 rings (SSSR count). The summed E-state index contributed by atoms with van der Waals surface area (Å²) in [6.45, 7) is 2.60. The lowest BCUT2D eigenvalue weighted by molar-refractivity contribution is -0.125. The van der Waals surface area contributed by atoms with Crippen molar-refractivity contribution in [3.63, 3.8) is 0 Å². The normalized spacial score (nSPS) is 28.8. The summed E-state index contributed by atoms with van der Waals surface area (Å²) in [5, 5.41) is 0.902. The minimum atomic E-state index is 0.0497. The maximum absolute atomic E-state index is 11.3. The van der Waals surface area contributed by atoms with E-state index in [1.165, 1.54) is 11.8 Å². The van der Waals surface area contributed by atoms with Gasteiger partial charge in [0.1, 0.15) is 0 Å². The first kappa shape index (κ1) is 6.91. The molecule has 1 atom stereocenters. The van der Waals surface area contributed by atoms with Gasteiger partial charge >= 0.3 is 0 Å². The van der Waals surface area contributed by atoms with Crippen LogP contribution in [0.25, 0.3) is 0 Å². The Morgan fingerprint density at radius 3 is 3.36 bits per heavy atom. The topological polar surface area (TPSA) is 32.7 Å². The molecule has 1 unspecified atom stereocenters. The molecular formula is C7H8N2OS. The summed E-state index contributed by atoms with van der Waals surface area (Å²) in [6, 6.07) is 0. The van der Waals surface area contributed by atoms with Crippen molar-refractivity contribution in [2.24, 2.45) is 4.99 Å². The van der Waals surface area contributed by atoms with Crippen LogP contribution in [0.15, 0.2) is 17.3 Å². The Kier molecular flexibility index (Phi) is 1.49. The summed E-state index contributed by atoms with van der Waals surface area (Å²) in [6.07, 6.45) is 3.64. The van der Waals surface area contributed by atoms with Crippen LogP contribution in [-0.2, 0) is 4.79 Å². The summed E-state index contributed by atoms with van der Waals surface area (Å²) in [4.78, 5) is 17.1. The molecule has 1 saturated heterocycles. The molecule has 0 bridgehead atoms. The minimum absolute atomic E-state index is 0.0497. The number of hydrogen-bond donors (Lipinski definition) is 0. The summed E-state index contributed by atoms with van der Waals surface area (Å²) < 4.78 is 0. The van der Waals surface area contributed by atoms with E-state index in [1.54, 1.807) is 11.1 Å². The molecule has 3 nitrogen and oxygen atoms in total. The van der Waals surface area contributed by atoms with E-state index in [9.17, 15) is 4.79 Å². The van der Waals surface area contributed by atoms with Crippen LogP contribution < -0.4 is 0 Å². The second kappa shape index (κ2) is 2.37. The summed E-state index contributed by atoms with van der Waals surface area (Å²) in [5.74, 6) is 0.179. The highest BCUT2D eigenvalue weighted by atomic mass is 32.2. The maximum Gasteiger partial charge on any atom is 0.242 e. The highest BCUT2D eigenvalue weighted by Gasteiger charge is 2.34. The van der Waals surface area contributed by atoms with Crippen molar-refractivity contribution in [1.29, 1.82) is 0 Å². The zero-order chi connectivity index (χ0) is 7.84. The molecule has 0 aromatic carbocycles. The van der Waals surface area contributed by atoms with Gasteiger partial charge in [-0.1, -0.05) is 11.8 Å².